The molecule has 0 radical (unpaired) electrons. The number of rotatable bonds is 3. The van der Waals surface area contributed by atoms with E-state index in [1.54, 1.807) is 19.2 Å². The third kappa shape index (κ3) is 2.69. The summed E-state index contributed by atoms with van der Waals surface area (Å²) in [6.07, 6.45) is 3.84. The van der Waals surface area contributed by atoms with Crippen LogP contribution in [0.4, 0.5) is 0 Å². The zero-order chi connectivity index (χ0) is 14.0. The van der Waals surface area contributed by atoms with E-state index in [0.717, 1.165) is 23.0 Å². The molecule has 0 bridgehead atoms. The Hall–Kier alpha value is -0.880. The van der Waals surface area contributed by atoms with Gasteiger partial charge in [0.25, 0.3) is 5.91 Å². The average Bonchev–Trinajstić information content (AvgIpc) is 2.84. The number of hydrogen-bond donors (Lipinski definition) is 1. The maximum Gasteiger partial charge on any atom is 0.329 e. The summed E-state index contributed by atoms with van der Waals surface area (Å²) in [6, 6.07) is 3.53. The molecule has 1 amide bonds. The maximum atomic E-state index is 12.4. The average molecular weight is 346 g/mol. The number of nitrogens with zero attached hydrogens (tertiary/aromatic N) is 1. The Morgan fingerprint density at radius 1 is 1.32 bits per heavy atom. The lowest BCUT2D eigenvalue weighted by Gasteiger charge is -2.40. The molecule has 2 rings (SSSR count). The molecule has 104 valence electrons. The molecule has 0 aliphatic heterocycles. The van der Waals surface area contributed by atoms with Crippen LogP contribution in [0.1, 0.15) is 41.8 Å². The van der Waals surface area contributed by atoms with Crippen molar-refractivity contribution < 1.29 is 14.7 Å². The van der Waals surface area contributed by atoms with Crippen molar-refractivity contribution >= 4 is 39.1 Å². The molecule has 19 heavy (non-hydrogen) atoms. The van der Waals surface area contributed by atoms with Crippen molar-refractivity contribution in [3.05, 3.63) is 20.8 Å². The third-order valence-electron chi connectivity index (χ3n) is 3.81. The molecular weight excluding hydrogens is 330 g/mol. The van der Waals surface area contributed by atoms with Crippen molar-refractivity contribution in [3.8, 4) is 0 Å². The zero-order valence-corrected chi connectivity index (χ0v) is 13.1. The van der Waals surface area contributed by atoms with Crippen LogP contribution >= 0.6 is 27.3 Å². The summed E-state index contributed by atoms with van der Waals surface area (Å²) in [4.78, 5) is 26.1. The minimum atomic E-state index is -1.04. The highest BCUT2D eigenvalue weighted by atomic mass is 79.9. The van der Waals surface area contributed by atoms with E-state index in [-0.39, 0.29) is 5.91 Å². The summed E-state index contributed by atoms with van der Waals surface area (Å²) in [5, 5.41) is 9.56. The molecule has 1 N–H and O–H groups in total. The number of halogens is 1. The van der Waals surface area contributed by atoms with Crippen LogP contribution < -0.4 is 0 Å². The molecule has 4 nitrogen and oxygen atoms in total. The number of carbonyl (C=O) groups excluding carboxylic acids is 1. The lowest BCUT2D eigenvalue weighted by molar-refractivity contribution is -0.151. The van der Waals surface area contributed by atoms with Crippen LogP contribution in [0, 0.1) is 0 Å². The van der Waals surface area contributed by atoms with E-state index < -0.39 is 11.5 Å². The van der Waals surface area contributed by atoms with E-state index >= 15 is 0 Å². The molecule has 1 aromatic heterocycles. The molecule has 0 aromatic carbocycles. The van der Waals surface area contributed by atoms with Gasteiger partial charge < -0.3 is 10.0 Å². The van der Waals surface area contributed by atoms with Gasteiger partial charge >= 0.3 is 5.97 Å². The van der Waals surface area contributed by atoms with Gasteiger partial charge in [-0.05, 0) is 40.9 Å². The van der Waals surface area contributed by atoms with Gasteiger partial charge in [0.1, 0.15) is 5.54 Å². The van der Waals surface area contributed by atoms with Gasteiger partial charge in [-0.3, -0.25) is 4.79 Å². The highest BCUT2D eigenvalue weighted by Crippen LogP contribution is 2.35. The first-order chi connectivity index (χ1) is 8.97. The summed E-state index contributed by atoms with van der Waals surface area (Å²) in [6.45, 7) is 0. The number of likely N-dealkylation sites (N-methyl/N-ethyl adjacent to an activating group) is 1. The van der Waals surface area contributed by atoms with Crippen LogP contribution in [0.2, 0.25) is 0 Å². The maximum absolute atomic E-state index is 12.4. The fourth-order valence-corrected chi connectivity index (χ4v) is 3.98. The molecule has 1 heterocycles. The number of carboxylic acids is 1. The van der Waals surface area contributed by atoms with Crippen molar-refractivity contribution in [1.82, 2.24) is 4.90 Å². The standard InChI is InChI=1S/C13H16BrNO3S/c1-15(11(16)9-5-6-10(14)19-9)13(12(17)18)7-3-2-4-8-13/h5-6H,2-4,7-8H2,1H3,(H,17,18). The van der Waals surface area contributed by atoms with E-state index in [4.69, 9.17) is 0 Å². The Morgan fingerprint density at radius 2 is 1.95 bits per heavy atom. The van der Waals surface area contributed by atoms with E-state index in [9.17, 15) is 14.7 Å². The second-order valence-electron chi connectivity index (χ2n) is 4.87. The number of carboxylic acid groups (broad SMARTS) is 1. The summed E-state index contributed by atoms with van der Waals surface area (Å²) in [7, 11) is 1.61. The number of aliphatic carboxylic acids is 1. The Bertz CT molecular complexity index is 494. The first-order valence-electron chi connectivity index (χ1n) is 6.24. The molecular formula is C13H16BrNO3S. The SMILES string of the molecule is CN(C(=O)c1ccc(Br)s1)C1(C(=O)O)CCCCC1. The van der Waals surface area contributed by atoms with Crippen LogP contribution in [0.25, 0.3) is 0 Å². The third-order valence-corrected chi connectivity index (χ3v) is 5.42. The second-order valence-corrected chi connectivity index (χ2v) is 7.33. The highest BCUT2D eigenvalue weighted by Gasteiger charge is 2.45. The van der Waals surface area contributed by atoms with Gasteiger partial charge in [-0.1, -0.05) is 19.3 Å². The van der Waals surface area contributed by atoms with Crippen molar-refractivity contribution in [1.29, 1.82) is 0 Å². The zero-order valence-electron chi connectivity index (χ0n) is 10.7. The number of carbonyl (C=O) groups is 2. The monoisotopic (exact) mass is 345 g/mol. The number of amides is 1. The molecule has 0 spiro atoms. The molecule has 1 aliphatic rings. The molecule has 1 aliphatic carbocycles. The Labute approximate surface area is 124 Å². The van der Waals surface area contributed by atoms with E-state index in [1.807, 2.05) is 0 Å². The van der Waals surface area contributed by atoms with Gasteiger partial charge in [-0.2, -0.15) is 0 Å². The summed E-state index contributed by atoms with van der Waals surface area (Å²) >= 11 is 4.65. The predicted octanol–water partition coefficient (Wildman–Crippen LogP) is 3.37. The van der Waals surface area contributed by atoms with Crippen molar-refractivity contribution in [2.24, 2.45) is 0 Å². The van der Waals surface area contributed by atoms with Crippen molar-refractivity contribution in [2.45, 2.75) is 37.6 Å². The van der Waals surface area contributed by atoms with Crippen LogP contribution in [0.3, 0.4) is 0 Å². The number of hydrogen-bond acceptors (Lipinski definition) is 3. The van der Waals surface area contributed by atoms with E-state index in [0.29, 0.717) is 17.7 Å². The lowest BCUT2D eigenvalue weighted by Crippen LogP contribution is -2.56. The summed E-state index contributed by atoms with van der Waals surface area (Å²) < 4.78 is 0.872. The Kier molecular flexibility index (Phi) is 4.30. The normalized spacial score (nSPS) is 18.0. The Balaban J connectivity index is 2.27. The quantitative estimate of drug-likeness (QED) is 0.913. The largest absolute Gasteiger partial charge is 0.479 e. The minimum absolute atomic E-state index is 0.208. The van der Waals surface area contributed by atoms with Gasteiger partial charge in [0, 0.05) is 7.05 Å². The van der Waals surface area contributed by atoms with Crippen LogP contribution in [-0.4, -0.2) is 34.5 Å². The van der Waals surface area contributed by atoms with Gasteiger partial charge in [0.2, 0.25) is 0 Å². The van der Waals surface area contributed by atoms with Gasteiger partial charge in [-0.25, -0.2) is 4.79 Å². The van der Waals surface area contributed by atoms with Crippen LogP contribution in [0.15, 0.2) is 15.9 Å². The predicted molar refractivity (Wildman–Crippen MR) is 77.6 cm³/mol. The van der Waals surface area contributed by atoms with Crippen LogP contribution in [0.5, 0.6) is 0 Å². The topological polar surface area (TPSA) is 57.6 Å². The summed E-state index contributed by atoms with van der Waals surface area (Å²) in [5.74, 6) is -1.10. The molecule has 0 saturated heterocycles. The number of thiophene rings is 1. The molecule has 0 unspecified atom stereocenters. The molecule has 0 atom stereocenters. The fraction of sp³-hybridized carbons (Fsp3) is 0.538. The van der Waals surface area contributed by atoms with Gasteiger partial charge in [-0.15, -0.1) is 11.3 Å². The van der Waals surface area contributed by atoms with Crippen molar-refractivity contribution in [3.63, 3.8) is 0 Å². The van der Waals surface area contributed by atoms with E-state index in [1.165, 1.54) is 16.2 Å². The minimum Gasteiger partial charge on any atom is -0.479 e. The lowest BCUT2D eigenvalue weighted by atomic mass is 9.80. The fourth-order valence-electron chi connectivity index (χ4n) is 2.62. The first kappa shape index (κ1) is 14.5. The second kappa shape index (κ2) is 5.63. The summed E-state index contributed by atoms with van der Waals surface area (Å²) in [5.41, 5.74) is -1.04. The van der Waals surface area contributed by atoms with Gasteiger partial charge in [0.05, 0.1) is 8.66 Å². The molecule has 1 saturated carbocycles. The molecule has 1 aromatic rings. The smallest absolute Gasteiger partial charge is 0.329 e. The first-order valence-corrected chi connectivity index (χ1v) is 7.85. The van der Waals surface area contributed by atoms with Crippen LogP contribution in [-0.2, 0) is 4.79 Å². The van der Waals surface area contributed by atoms with E-state index in [2.05, 4.69) is 15.9 Å². The highest BCUT2D eigenvalue weighted by molar-refractivity contribution is 9.11. The van der Waals surface area contributed by atoms with Gasteiger partial charge in [0.15, 0.2) is 0 Å². The Morgan fingerprint density at radius 3 is 2.42 bits per heavy atom. The van der Waals surface area contributed by atoms with Crippen molar-refractivity contribution in [2.75, 3.05) is 7.05 Å². The molecule has 6 heteroatoms. The molecule has 1 fully saturated rings.